The molecular weight excluding hydrogens is 158 g/mol. The van der Waals surface area contributed by atoms with E-state index in [1.54, 1.807) is 4.90 Å². The van der Waals surface area contributed by atoms with E-state index < -0.39 is 0 Å². The highest BCUT2D eigenvalue weighted by atomic mass is 16.6. The monoisotopic (exact) mass is 171 g/mol. The van der Waals surface area contributed by atoms with Crippen molar-refractivity contribution in [1.29, 1.82) is 0 Å². The maximum atomic E-state index is 11.0. The molecule has 0 spiro atoms. The predicted molar refractivity (Wildman–Crippen MR) is 41.7 cm³/mol. The van der Waals surface area contributed by atoms with Gasteiger partial charge in [0.1, 0.15) is 6.61 Å². The number of hydrogen-bond acceptors (Lipinski definition) is 3. The van der Waals surface area contributed by atoms with Gasteiger partial charge >= 0.3 is 6.09 Å². The third-order valence-corrected chi connectivity index (χ3v) is 2.66. The molecule has 0 bridgehead atoms. The van der Waals surface area contributed by atoms with Crippen molar-refractivity contribution >= 4 is 6.09 Å². The van der Waals surface area contributed by atoms with Crippen LogP contribution in [0.25, 0.3) is 0 Å². The minimum absolute atomic E-state index is 0.0172. The van der Waals surface area contributed by atoms with Crippen LogP contribution in [0.2, 0.25) is 0 Å². The van der Waals surface area contributed by atoms with Gasteiger partial charge in [0.05, 0.1) is 13.2 Å². The molecule has 0 unspecified atom stereocenters. The van der Waals surface area contributed by atoms with E-state index in [4.69, 9.17) is 9.84 Å². The molecule has 1 saturated carbocycles. The van der Waals surface area contributed by atoms with E-state index >= 15 is 0 Å². The van der Waals surface area contributed by atoms with Crippen molar-refractivity contribution < 1.29 is 14.6 Å². The van der Waals surface area contributed by atoms with Crippen molar-refractivity contribution in [3.63, 3.8) is 0 Å². The molecule has 0 aromatic heterocycles. The Morgan fingerprint density at radius 3 is 2.75 bits per heavy atom. The number of nitrogens with zero attached hydrogens (tertiary/aromatic N) is 1. The molecule has 0 radical (unpaired) electrons. The fourth-order valence-corrected chi connectivity index (χ4v) is 1.52. The highest BCUT2D eigenvalue weighted by Crippen LogP contribution is 2.45. The van der Waals surface area contributed by atoms with Crippen LogP contribution >= 0.6 is 0 Å². The average molecular weight is 171 g/mol. The lowest BCUT2D eigenvalue weighted by molar-refractivity contribution is 0.139. The molecular formula is C8H13NO3. The normalized spacial score (nSPS) is 25.8. The standard InChI is InChI=1S/C8H13NO3/c10-6-8(1-2-8)5-9-3-4-12-7(9)11/h10H,1-6H2. The summed E-state index contributed by atoms with van der Waals surface area (Å²) in [5, 5.41) is 9.02. The first-order chi connectivity index (χ1) is 5.76. The summed E-state index contributed by atoms with van der Waals surface area (Å²) in [6, 6.07) is 0. The predicted octanol–water partition coefficient (Wildman–Crippen LogP) is 0.211. The summed E-state index contributed by atoms with van der Waals surface area (Å²) < 4.78 is 4.79. The minimum atomic E-state index is -0.227. The van der Waals surface area contributed by atoms with E-state index in [0.29, 0.717) is 19.7 Å². The highest BCUT2D eigenvalue weighted by molar-refractivity contribution is 5.69. The smallest absolute Gasteiger partial charge is 0.409 e. The van der Waals surface area contributed by atoms with Crippen molar-refractivity contribution in [1.82, 2.24) is 4.90 Å². The van der Waals surface area contributed by atoms with Crippen molar-refractivity contribution in [2.75, 3.05) is 26.3 Å². The molecule has 1 N–H and O–H groups in total. The van der Waals surface area contributed by atoms with Crippen molar-refractivity contribution in [3.8, 4) is 0 Å². The Balaban J connectivity index is 1.90. The second kappa shape index (κ2) is 2.62. The zero-order valence-corrected chi connectivity index (χ0v) is 6.95. The van der Waals surface area contributed by atoms with Crippen LogP contribution in [-0.2, 0) is 4.74 Å². The van der Waals surface area contributed by atoms with Gasteiger partial charge < -0.3 is 14.7 Å². The largest absolute Gasteiger partial charge is 0.448 e. The Labute approximate surface area is 71.1 Å². The molecule has 1 aliphatic carbocycles. The van der Waals surface area contributed by atoms with E-state index in [1.165, 1.54) is 0 Å². The Morgan fingerprint density at radius 1 is 1.58 bits per heavy atom. The van der Waals surface area contributed by atoms with Crippen LogP contribution in [0.5, 0.6) is 0 Å². The van der Waals surface area contributed by atoms with Crippen molar-refractivity contribution in [2.24, 2.45) is 5.41 Å². The molecule has 0 aromatic carbocycles. The second-order valence-electron chi connectivity index (χ2n) is 3.69. The van der Waals surface area contributed by atoms with Crippen LogP contribution in [0.15, 0.2) is 0 Å². The summed E-state index contributed by atoms with van der Waals surface area (Å²) in [7, 11) is 0. The third kappa shape index (κ3) is 1.27. The molecule has 2 aliphatic rings. The number of aliphatic hydroxyl groups excluding tert-OH is 1. The van der Waals surface area contributed by atoms with E-state index in [2.05, 4.69) is 0 Å². The van der Waals surface area contributed by atoms with Crippen LogP contribution in [0, 0.1) is 5.41 Å². The summed E-state index contributed by atoms with van der Waals surface area (Å²) >= 11 is 0. The fourth-order valence-electron chi connectivity index (χ4n) is 1.52. The first-order valence-corrected chi connectivity index (χ1v) is 4.28. The number of amides is 1. The zero-order valence-electron chi connectivity index (χ0n) is 6.95. The Hall–Kier alpha value is -0.770. The van der Waals surface area contributed by atoms with Crippen LogP contribution in [0.1, 0.15) is 12.8 Å². The summed E-state index contributed by atoms with van der Waals surface area (Å²) in [6.07, 6.45) is 1.84. The highest BCUT2D eigenvalue weighted by Gasteiger charge is 2.45. The third-order valence-electron chi connectivity index (χ3n) is 2.66. The van der Waals surface area contributed by atoms with Crippen LogP contribution in [-0.4, -0.2) is 42.4 Å². The maximum Gasteiger partial charge on any atom is 0.409 e. The van der Waals surface area contributed by atoms with Crippen LogP contribution < -0.4 is 0 Å². The summed E-state index contributed by atoms with van der Waals surface area (Å²) in [5.41, 5.74) is 0.0172. The molecule has 4 heteroatoms. The van der Waals surface area contributed by atoms with E-state index in [1.807, 2.05) is 0 Å². The Kier molecular flexibility index (Phi) is 1.72. The Morgan fingerprint density at radius 2 is 2.33 bits per heavy atom. The maximum absolute atomic E-state index is 11.0. The molecule has 0 aromatic rings. The Bertz CT molecular complexity index is 200. The lowest BCUT2D eigenvalue weighted by Crippen LogP contribution is -2.32. The molecule has 1 aliphatic heterocycles. The van der Waals surface area contributed by atoms with Gasteiger partial charge in [-0.2, -0.15) is 0 Å². The van der Waals surface area contributed by atoms with Crippen molar-refractivity contribution in [3.05, 3.63) is 0 Å². The SMILES string of the molecule is O=C1OCCN1CC1(CO)CC1. The molecule has 68 valence electrons. The topological polar surface area (TPSA) is 49.8 Å². The first-order valence-electron chi connectivity index (χ1n) is 4.28. The van der Waals surface area contributed by atoms with Gasteiger partial charge in [0.25, 0.3) is 0 Å². The van der Waals surface area contributed by atoms with Gasteiger partial charge in [-0.25, -0.2) is 4.79 Å². The van der Waals surface area contributed by atoms with Crippen LogP contribution in [0.4, 0.5) is 4.79 Å². The molecule has 0 atom stereocenters. The average Bonchev–Trinajstić information content (AvgIpc) is 2.74. The zero-order chi connectivity index (χ0) is 8.60. The van der Waals surface area contributed by atoms with Gasteiger partial charge in [-0.1, -0.05) is 0 Å². The molecule has 1 saturated heterocycles. The van der Waals surface area contributed by atoms with Gasteiger partial charge in [0, 0.05) is 12.0 Å². The van der Waals surface area contributed by atoms with Gasteiger partial charge in [-0.15, -0.1) is 0 Å². The molecule has 1 amide bonds. The van der Waals surface area contributed by atoms with Gasteiger partial charge in [0.2, 0.25) is 0 Å². The van der Waals surface area contributed by atoms with Gasteiger partial charge in [-0.3, -0.25) is 0 Å². The lowest BCUT2D eigenvalue weighted by atomic mass is 10.1. The lowest BCUT2D eigenvalue weighted by Gasteiger charge is -2.18. The molecule has 2 rings (SSSR count). The number of hydrogen-bond donors (Lipinski definition) is 1. The van der Waals surface area contributed by atoms with Gasteiger partial charge in [0.15, 0.2) is 0 Å². The van der Waals surface area contributed by atoms with Gasteiger partial charge in [-0.05, 0) is 12.8 Å². The number of carbonyl (C=O) groups excluding carboxylic acids is 1. The second-order valence-corrected chi connectivity index (χ2v) is 3.69. The summed E-state index contributed by atoms with van der Waals surface area (Å²) in [6.45, 7) is 2.04. The number of aliphatic hydroxyl groups is 1. The fraction of sp³-hybridized carbons (Fsp3) is 0.875. The minimum Gasteiger partial charge on any atom is -0.448 e. The molecule has 12 heavy (non-hydrogen) atoms. The number of rotatable bonds is 3. The number of cyclic esters (lactones) is 1. The van der Waals surface area contributed by atoms with E-state index in [-0.39, 0.29) is 18.1 Å². The van der Waals surface area contributed by atoms with Crippen molar-refractivity contribution in [2.45, 2.75) is 12.8 Å². The first kappa shape index (κ1) is 7.86. The van der Waals surface area contributed by atoms with Crippen LogP contribution in [0.3, 0.4) is 0 Å². The molecule has 2 fully saturated rings. The molecule has 4 nitrogen and oxygen atoms in total. The number of ether oxygens (including phenoxy) is 1. The number of carbonyl (C=O) groups is 1. The van der Waals surface area contributed by atoms with E-state index in [0.717, 1.165) is 12.8 Å². The quantitative estimate of drug-likeness (QED) is 0.660. The van der Waals surface area contributed by atoms with E-state index in [9.17, 15) is 4.79 Å². The summed E-state index contributed by atoms with van der Waals surface area (Å²) in [5.74, 6) is 0. The summed E-state index contributed by atoms with van der Waals surface area (Å²) in [4.78, 5) is 12.7. The molecule has 1 heterocycles.